The average Bonchev–Trinajstić information content (AvgIpc) is 2.64. The number of carbonyl (C=O) groups excluding carboxylic acids is 2. The van der Waals surface area contributed by atoms with E-state index >= 15 is 0 Å². The number of ether oxygens (including phenoxy) is 2. The zero-order valence-corrected chi connectivity index (χ0v) is 19.0. The largest absolute Gasteiger partial charge is 0.497 e. The molecule has 0 N–H and O–H groups in total. The number of hydrogen-bond donors (Lipinski definition) is 0. The number of amides is 1. The second-order valence-corrected chi connectivity index (χ2v) is 8.47. The van der Waals surface area contributed by atoms with Crippen molar-refractivity contribution in [3.63, 3.8) is 0 Å². The van der Waals surface area contributed by atoms with Crippen molar-refractivity contribution in [2.24, 2.45) is 0 Å². The van der Waals surface area contributed by atoms with Gasteiger partial charge in [0.2, 0.25) is 0 Å². The first-order valence-corrected chi connectivity index (χ1v) is 10.5. The van der Waals surface area contributed by atoms with Crippen LogP contribution in [-0.2, 0) is 9.53 Å². The van der Waals surface area contributed by atoms with E-state index in [0.29, 0.717) is 22.2 Å². The summed E-state index contributed by atoms with van der Waals surface area (Å²) >= 11 is 6.96. The Labute approximate surface area is 181 Å². The first-order valence-electron chi connectivity index (χ1n) is 8.93. The average molecular weight is 511 g/mol. The van der Waals surface area contributed by atoms with Crippen molar-refractivity contribution < 1.29 is 19.1 Å². The van der Waals surface area contributed by atoms with E-state index in [0.717, 1.165) is 15.7 Å². The Hall–Kier alpha value is -1.86. The van der Waals surface area contributed by atoms with E-state index in [9.17, 15) is 9.59 Å². The van der Waals surface area contributed by atoms with E-state index in [1.165, 1.54) is 0 Å². The van der Waals surface area contributed by atoms with Crippen LogP contribution in [0.15, 0.2) is 45.3 Å². The highest BCUT2D eigenvalue weighted by atomic mass is 79.9. The molecule has 5 nitrogen and oxygen atoms in total. The summed E-state index contributed by atoms with van der Waals surface area (Å²) in [5, 5.41) is 0. The Morgan fingerprint density at radius 1 is 1.25 bits per heavy atom. The fourth-order valence-corrected chi connectivity index (χ4v) is 4.27. The number of hydrogen-bond acceptors (Lipinski definition) is 4. The van der Waals surface area contributed by atoms with Crippen molar-refractivity contribution in [1.29, 1.82) is 0 Å². The lowest BCUT2D eigenvalue weighted by Crippen LogP contribution is -2.47. The summed E-state index contributed by atoms with van der Waals surface area (Å²) in [7, 11) is 1.61. The molecule has 0 aliphatic carbocycles. The number of halogens is 2. The van der Waals surface area contributed by atoms with E-state index in [-0.39, 0.29) is 30.4 Å². The van der Waals surface area contributed by atoms with Gasteiger partial charge in [0.05, 0.1) is 25.1 Å². The third-order valence-electron chi connectivity index (χ3n) is 4.77. The molecule has 0 saturated carbocycles. The number of methoxy groups -OCH3 is 1. The SMILES string of the molecule is COc1ccc(N(C(=O)c2cccc(Br)c2Br)C2CC(=O)OC(C)C2)c(C)c1. The molecular formula is C21H21Br2NO4. The van der Waals surface area contributed by atoms with E-state index < -0.39 is 0 Å². The van der Waals surface area contributed by atoms with Crippen LogP contribution in [0.5, 0.6) is 5.75 Å². The molecule has 0 radical (unpaired) electrons. The van der Waals surface area contributed by atoms with Crippen molar-refractivity contribution in [2.45, 2.75) is 38.8 Å². The van der Waals surface area contributed by atoms with Crippen LogP contribution in [0.25, 0.3) is 0 Å². The summed E-state index contributed by atoms with van der Waals surface area (Å²) in [6, 6.07) is 10.7. The molecule has 1 saturated heterocycles. The topological polar surface area (TPSA) is 55.8 Å². The molecule has 1 amide bonds. The minimum Gasteiger partial charge on any atom is -0.497 e. The molecule has 1 aliphatic heterocycles. The van der Waals surface area contributed by atoms with Gasteiger partial charge in [-0.15, -0.1) is 0 Å². The van der Waals surface area contributed by atoms with Crippen molar-refractivity contribution in [3.8, 4) is 5.75 Å². The highest BCUT2D eigenvalue weighted by molar-refractivity contribution is 9.13. The van der Waals surface area contributed by atoms with Gasteiger partial charge in [-0.05, 0) is 81.6 Å². The number of rotatable bonds is 4. The maximum absolute atomic E-state index is 13.6. The van der Waals surface area contributed by atoms with Gasteiger partial charge in [-0.3, -0.25) is 9.59 Å². The van der Waals surface area contributed by atoms with Crippen LogP contribution in [0.2, 0.25) is 0 Å². The quantitative estimate of drug-likeness (QED) is 0.526. The van der Waals surface area contributed by atoms with Crippen molar-refractivity contribution in [3.05, 3.63) is 56.5 Å². The maximum Gasteiger partial charge on any atom is 0.308 e. The van der Waals surface area contributed by atoms with Crippen LogP contribution >= 0.6 is 31.9 Å². The van der Waals surface area contributed by atoms with Crippen molar-refractivity contribution >= 4 is 49.4 Å². The third-order valence-corrected chi connectivity index (χ3v) is 6.82. The van der Waals surface area contributed by atoms with Crippen LogP contribution in [0.1, 0.15) is 35.7 Å². The fraction of sp³-hybridized carbons (Fsp3) is 0.333. The van der Waals surface area contributed by atoms with Crippen molar-refractivity contribution in [1.82, 2.24) is 0 Å². The van der Waals surface area contributed by atoms with E-state index in [1.54, 1.807) is 18.1 Å². The Bertz CT molecular complexity index is 915. The summed E-state index contributed by atoms with van der Waals surface area (Å²) in [4.78, 5) is 27.4. The Kier molecular flexibility index (Phi) is 6.45. The lowest BCUT2D eigenvalue weighted by Gasteiger charge is -2.37. The predicted molar refractivity (Wildman–Crippen MR) is 115 cm³/mol. The highest BCUT2D eigenvalue weighted by Gasteiger charge is 2.35. The van der Waals surface area contributed by atoms with Gasteiger partial charge in [-0.25, -0.2) is 0 Å². The van der Waals surface area contributed by atoms with E-state index in [2.05, 4.69) is 31.9 Å². The predicted octanol–water partition coefficient (Wildman–Crippen LogP) is 5.27. The van der Waals surface area contributed by atoms with Gasteiger partial charge < -0.3 is 14.4 Å². The Morgan fingerprint density at radius 3 is 2.64 bits per heavy atom. The van der Waals surface area contributed by atoms with Crippen LogP contribution in [0, 0.1) is 6.92 Å². The number of esters is 1. The molecule has 2 aromatic carbocycles. The summed E-state index contributed by atoms with van der Waals surface area (Å²) in [5.41, 5.74) is 2.17. The van der Waals surface area contributed by atoms with Gasteiger partial charge in [0.1, 0.15) is 11.9 Å². The maximum atomic E-state index is 13.6. The lowest BCUT2D eigenvalue weighted by atomic mass is 9.98. The molecule has 148 valence electrons. The van der Waals surface area contributed by atoms with Gasteiger partial charge in [0, 0.05) is 21.1 Å². The lowest BCUT2D eigenvalue weighted by molar-refractivity contribution is -0.153. The molecule has 1 aliphatic rings. The van der Waals surface area contributed by atoms with Gasteiger partial charge in [-0.1, -0.05) is 6.07 Å². The first kappa shape index (κ1) is 20.9. The van der Waals surface area contributed by atoms with Crippen LogP contribution in [0.3, 0.4) is 0 Å². The zero-order valence-electron chi connectivity index (χ0n) is 15.9. The monoisotopic (exact) mass is 509 g/mol. The summed E-state index contributed by atoms with van der Waals surface area (Å²) in [6.07, 6.45) is 0.493. The second-order valence-electron chi connectivity index (χ2n) is 6.82. The third kappa shape index (κ3) is 4.25. The van der Waals surface area contributed by atoms with Crippen molar-refractivity contribution in [2.75, 3.05) is 12.0 Å². The number of aryl methyl sites for hydroxylation is 1. The van der Waals surface area contributed by atoms with Gasteiger partial charge in [-0.2, -0.15) is 0 Å². The number of carbonyl (C=O) groups is 2. The number of cyclic esters (lactones) is 1. The molecule has 2 atom stereocenters. The smallest absolute Gasteiger partial charge is 0.308 e. The minimum absolute atomic E-state index is 0.160. The summed E-state index contributed by atoms with van der Waals surface area (Å²) in [5.74, 6) is 0.253. The van der Waals surface area contributed by atoms with Gasteiger partial charge >= 0.3 is 5.97 Å². The number of anilines is 1. The molecular weight excluding hydrogens is 490 g/mol. The standard InChI is InChI=1S/C21H21Br2NO4/c1-12-9-15(27-3)7-8-18(12)24(14-10-13(2)28-19(25)11-14)21(26)16-5-4-6-17(22)20(16)23/h4-9,13-14H,10-11H2,1-3H3. The number of nitrogens with zero attached hydrogens (tertiary/aromatic N) is 1. The van der Waals surface area contributed by atoms with Crippen LogP contribution in [-0.4, -0.2) is 31.1 Å². The minimum atomic E-state index is -0.291. The second kappa shape index (κ2) is 8.66. The molecule has 0 spiro atoms. The molecule has 1 heterocycles. The zero-order chi connectivity index (χ0) is 20.4. The van der Waals surface area contributed by atoms with E-state index in [4.69, 9.17) is 9.47 Å². The molecule has 2 aromatic rings. The summed E-state index contributed by atoms with van der Waals surface area (Å²) in [6.45, 7) is 3.78. The molecule has 2 unspecified atom stereocenters. The van der Waals surface area contributed by atoms with Gasteiger partial charge in [0.15, 0.2) is 0 Å². The molecule has 3 rings (SSSR count). The van der Waals surface area contributed by atoms with E-state index in [1.807, 2.05) is 44.2 Å². The first-order chi connectivity index (χ1) is 13.3. The molecule has 0 aromatic heterocycles. The Morgan fingerprint density at radius 2 is 2.00 bits per heavy atom. The molecule has 0 bridgehead atoms. The molecule has 28 heavy (non-hydrogen) atoms. The van der Waals surface area contributed by atoms with Crippen LogP contribution < -0.4 is 9.64 Å². The Balaban J connectivity index is 2.10. The normalized spacial score (nSPS) is 19.1. The molecule has 1 fully saturated rings. The highest BCUT2D eigenvalue weighted by Crippen LogP contribution is 2.34. The fourth-order valence-electron chi connectivity index (χ4n) is 3.47. The number of benzene rings is 2. The van der Waals surface area contributed by atoms with Crippen LogP contribution in [0.4, 0.5) is 5.69 Å². The molecule has 7 heteroatoms. The van der Waals surface area contributed by atoms with Gasteiger partial charge in [0.25, 0.3) is 5.91 Å². The summed E-state index contributed by atoms with van der Waals surface area (Å²) < 4.78 is 12.1.